The molecule has 0 radical (unpaired) electrons. The molecule has 0 aliphatic carbocycles. The smallest absolute Gasteiger partial charge is 0.338 e. The Morgan fingerprint density at radius 2 is 1.83 bits per heavy atom. The molecule has 0 bridgehead atoms. The van der Waals surface area contributed by atoms with E-state index < -0.39 is 11.9 Å². The topological polar surface area (TPSA) is 97.7 Å². The molecule has 0 unspecified atom stereocenters. The molecule has 7 nitrogen and oxygen atoms in total. The van der Waals surface area contributed by atoms with Gasteiger partial charge in [0.1, 0.15) is 23.1 Å². The molecule has 0 heterocycles. The van der Waals surface area contributed by atoms with Gasteiger partial charge in [-0.25, -0.2) is 4.79 Å². The van der Waals surface area contributed by atoms with Crippen LogP contribution in [0.25, 0.3) is 6.08 Å². The zero-order valence-corrected chi connectivity index (χ0v) is 16.5. The molecule has 29 heavy (non-hydrogen) atoms. The number of nitriles is 1. The van der Waals surface area contributed by atoms with Gasteiger partial charge in [-0.05, 0) is 56.3 Å². The molecule has 2 aromatic rings. The van der Waals surface area contributed by atoms with Gasteiger partial charge in [0.05, 0.1) is 25.9 Å². The number of hydrogen-bond donors (Lipinski definition) is 1. The standard InChI is InChI=1S/C22H22N2O5/c1-4-28-20-13-19(27-3)11-8-16(20)12-17(14-23)21(25)24-18-9-6-15(7-10-18)22(26)29-5-2/h6-13H,4-5H2,1-3H3,(H,24,25)/b17-12+. The van der Waals surface area contributed by atoms with Gasteiger partial charge in [-0.1, -0.05) is 0 Å². The van der Waals surface area contributed by atoms with Gasteiger partial charge in [-0.3, -0.25) is 4.79 Å². The number of rotatable bonds is 8. The van der Waals surface area contributed by atoms with Crippen molar-refractivity contribution in [2.45, 2.75) is 13.8 Å². The van der Waals surface area contributed by atoms with Gasteiger partial charge < -0.3 is 19.5 Å². The maximum absolute atomic E-state index is 12.5. The average Bonchev–Trinajstić information content (AvgIpc) is 2.73. The minimum Gasteiger partial charge on any atom is -0.497 e. The fraction of sp³-hybridized carbons (Fsp3) is 0.227. The van der Waals surface area contributed by atoms with Gasteiger partial charge in [0.15, 0.2) is 0 Å². The van der Waals surface area contributed by atoms with Crippen LogP contribution < -0.4 is 14.8 Å². The second kappa shape index (κ2) is 10.5. The van der Waals surface area contributed by atoms with Crippen molar-refractivity contribution in [1.82, 2.24) is 0 Å². The first-order chi connectivity index (χ1) is 14.0. The molecule has 0 atom stereocenters. The molecule has 1 N–H and O–H groups in total. The van der Waals surface area contributed by atoms with Gasteiger partial charge in [0.2, 0.25) is 0 Å². The maximum atomic E-state index is 12.5. The quantitative estimate of drug-likeness (QED) is 0.415. The van der Waals surface area contributed by atoms with Crippen molar-refractivity contribution in [3.63, 3.8) is 0 Å². The van der Waals surface area contributed by atoms with E-state index in [-0.39, 0.29) is 12.2 Å². The summed E-state index contributed by atoms with van der Waals surface area (Å²) in [6, 6.07) is 13.2. The van der Waals surface area contributed by atoms with E-state index in [9.17, 15) is 14.9 Å². The average molecular weight is 394 g/mol. The molecule has 2 rings (SSSR count). The first-order valence-electron chi connectivity index (χ1n) is 9.03. The zero-order valence-electron chi connectivity index (χ0n) is 16.5. The van der Waals surface area contributed by atoms with Crippen LogP contribution in [0.1, 0.15) is 29.8 Å². The third-order valence-corrected chi connectivity index (χ3v) is 3.84. The Balaban J connectivity index is 2.21. The number of carbonyl (C=O) groups is 2. The highest BCUT2D eigenvalue weighted by atomic mass is 16.5. The van der Waals surface area contributed by atoms with Crippen molar-refractivity contribution in [2.75, 3.05) is 25.6 Å². The fourth-order valence-corrected chi connectivity index (χ4v) is 2.45. The molecule has 1 amide bonds. The number of nitrogens with zero attached hydrogens (tertiary/aromatic N) is 1. The van der Waals surface area contributed by atoms with Crippen LogP contribution in [0.5, 0.6) is 11.5 Å². The highest BCUT2D eigenvalue weighted by molar-refractivity contribution is 6.10. The Hall–Kier alpha value is -3.79. The van der Waals surface area contributed by atoms with Crippen LogP contribution in [0.2, 0.25) is 0 Å². The fourth-order valence-electron chi connectivity index (χ4n) is 2.45. The van der Waals surface area contributed by atoms with Crippen LogP contribution in [0.15, 0.2) is 48.0 Å². The van der Waals surface area contributed by atoms with Gasteiger partial charge in [0.25, 0.3) is 5.91 Å². The van der Waals surface area contributed by atoms with E-state index in [4.69, 9.17) is 14.2 Å². The summed E-state index contributed by atoms with van der Waals surface area (Å²) in [6.45, 7) is 4.27. The third-order valence-electron chi connectivity index (χ3n) is 3.84. The molecule has 0 aromatic heterocycles. The molecule has 150 valence electrons. The summed E-state index contributed by atoms with van der Waals surface area (Å²) in [6.07, 6.45) is 1.45. The van der Waals surface area contributed by atoms with E-state index >= 15 is 0 Å². The normalized spacial score (nSPS) is 10.6. The van der Waals surface area contributed by atoms with E-state index in [1.165, 1.54) is 6.08 Å². The van der Waals surface area contributed by atoms with Gasteiger partial charge in [0, 0.05) is 17.3 Å². The summed E-state index contributed by atoms with van der Waals surface area (Å²) < 4.78 is 15.7. The molecule has 0 fully saturated rings. The Kier molecular flexibility index (Phi) is 7.80. The molecule has 0 spiro atoms. The highest BCUT2D eigenvalue weighted by Crippen LogP contribution is 2.27. The van der Waals surface area contributed by atoms with Crippen molar-refractivity contribution in [1.29, 1.82) is 5.26 Å². The number of hydrogen-bond acceptors (Lipinski definition) is 6. The lowest BCUT2D eigenvalue weighted by molar-refractivity contribution is -0.112. The minimum atomic E-state index is -0.574. The molecule has 0 saturated heterocycles. The van der Waals surface area contributed by atoms with Crippen molar-refractivity contribution in [3.05, 3.63) is 59.2 Å². The second-order valence-electron chi connectivity index (χ2n) is 5.76. The number of esters is 1. The lowest BCUT2D eigenvalue weighted by Gasteiger charge is -2.10. The monoisotopic (exact) mass is 394 g/mol. The Labute approximate surface area is 169 Å². The molecule has 2 aromatic carbocycles. The van der Waals surface area contributed by atoms with Crippen LogP contribution >= 0.6 is 0 Å². The second-order valence-corrected chi connectivity index (χ2v) is 5.76. The summed E-state index contributed by atoms with van der Waals surface area (Å²) in [5, 5.41) is 12.1. The van der Waals surface area contributed by atoms with Crippen LogP contribution in [0.3, 0.4) is 0 Å². The zero-order chi connectivity index (χ0) is 21.2. The van der Waals surface area contributed by atoms with E-state index in [1.807, 2.05) is 13.0 Å². The van der Waals surface area contributed by atoms with Crippen molar-refractivity contribution in [2.24, 2.45) is 0 Å². The maximum Gasteiger partial charge on any atom is 0.338 e. The van der Waals surface area contributed by atoms with Crippen LogP contribution in [0, 0.1) is 11.3 Å². The predicted molar refractivity (Wildman–Crippen MR) is 109 cm³/mol. The number of amides is 1. The summed E-state index contributed by atoms with van der Waals surface area (Å²) >= 11 is 0. The Morgan fingerprint density at radius 1 is 1.10 bits per heavy atom. The molecule has 0 saturated carbocycles. The molecule has 0 aliphatic rings. The highest BCUT2D eigenvalue weighted by Gasteiger charge is 2.13. The third kappa shape index (κ3) is 5.84. The molecule has 7 heteroatoms. The number of anilines is 1. The summed E-state index contributed by atoms with van der Waals surface area (Å²) in [5.41, 5.74) is 1.31. The Morgan fingerprint density at radius 3 is 2.41 bits per heavy atom. The van der Waals surface area contributed by atoms with Crippen LogP contribution in [0.4, 0.5) is 5.69 Å². The number of ether oxygens (including phenoxy) is 3. The molecular formula is C22H22N2O5. The Bertz CT molecular complexity index is 943. The number of benzene rings is 2. The summed E-state index contributed by atoms with van der Waals surface area (Å²) in [4.78, 5) is 24.2. The van der Waals surface area contributed by atoms with E-state index in [1.54, 1.807) is 56.5 Å². The SMILES string of the molecule is CCOC(=O)c1ccc(NC(=O)/C(C#N)=C/c2ccc(OC)cc2OCC)cc1. The van der Waals surface area contributed by atoms with Gasteiger partial charge >= 0.3 is 5.97 Å². The summed E-state index contributed by atoms with van der Waals surface area (Å²) in [7, 11) is 1.54. The van der Waals surface area contributed by atoms with E-state index in [0.29, 0.717) is 34.9 Å². The van der Waals surface area contributed by atoms with Crippen LogP contribution in [-0.2, 0) is 9.53 Å². The lowest BCUT2D eigenvalue weighted by atomic mass is 10.1. The van der Waals surface area contributed by atoms with Gasteiger partial charge in [-0.2, -0.15) is 5.26 Å². The number of carbonyl (C=O) groups excluding carboxylic acids is 2. The first-order valence-corrected chi connectivity index (χ1v) is 9.03. The summed E-state index contributed by atoms with van der Waals surface area (Å²) in [5.74, 6) is 0.0991. The van der Waals surface area contributed by atoms with Crippen molar-refractivity contribution >= 4 is 23.6 Å². The molecular weight excluding hydrogens is 372 g/mol. The van der Waals surface area contributed by atoms with E-state index in [2.05, 4.69) is 5.32 Å². The first kappa shape index (κ1) is 21.5. The number of nitrogens with one attached hydrogen (secondary N) is 1. The molecule has 0 aliphatic heterocycles. The van der Waals surface area contributed by atoms with Crippen molar-refractivity contribution < 1.29 is 23.8 Å². The van der Waals surface area contributed by atoms with E-state index in [0.717, 1.165) is 0 Å². The van der Waals surface area contributed by atoms with Crippen molar-refractivity contribution in [3.8, 4) is 17.6 Å². The predicted octanol–water partition coefficient (Wildman–Crippen LogP) is 3.82. The minimum absolute atomic E-state index is 0.0920. The number of methoxy groups -OCH3 is 1. The van der Waals surface area contributed by atoms with Crippen LogP contribution in [-0.4, -0.2) is 32.2 Å². The largest absolute Gasteiger partial charge is 0.497 e. The lowest BCUT2D eigenvalue weighted by Crippen LogP contribution is -2.14. The van der Waals surface area contributed by atoms with Gasteiger partial charge in [-0.15, -0.1) is 0 Å².